The Morgan fingerprint density at radius 2 is 1.95 bits per heavy atom. The van der Waals surface area contributed by atoms with Gasteiger partial charge in [0.15, 0.2) is 5.78 Å². The first-order chi connectivity index (χ1) is 9.83. The fourth-order valence-corrected chi connectivity index (χ4v) is 2.97. The molecule has 1 amide bonds. The van der Waals surface area contributed by atoms with Gasteiger partial charge in [-0.25, -0.2) is 0 Å². The maximum Gasteiger partial charge on any atom is 0.305 e. The molecule has 1 aliphatic carbocycles. The van der Waals surface area contributed by atoms with Gasteiger partial charge in [-0.15, -0.1) is 0 Å². The number of aliphatic carboxylic acids is 1. The molecule has 0 bridgehead atoms. The Hall–Kier alpha value is -2.11. The van der Waals surface area contributed by atoms with Gasteiger partial charge in [0.05, 0.1) is 12.0 Å². The third-order valence-electron chi connectivity index (χ3n) is 4.07. The normalized spacial score (nSPS) is 16.7. The highest BCUT2D eigenvalue weighted by molar-refractivity contribution is 5.99. The van der Waals surface area contributed by atoms with Crippen LogP contribution in [-0.2, 0) is 11.8 Å². The molecule has 0 aromatic carbocycles. The minimum atomic E-state index is -0.909. The number of rotatable bonds is 5. The Bertz CT molecular complexity index is 582. The van der Waals surface area contributed by atoms with Crippen molar-refractivity contribution in [3.63, 3.8) is 0 Å². The zero-order valence-corrected chi connectivity index (χ0v) is 12.3. The molecule has 114 valence electrons. The van der Waals surface area contributed by atoms with Gasteiger partial charge in [0.25, 0.3) is 5.91 Å². The minimum Gasteiger partial charge on any atom is -0.481 e. The van der Waals surface area contributed by atoms with E-state index in [0.29, 0.717) is 24.1 Å². The zero-order valence-electron chi connectivity index (χ0n) is 12.3. The zero-order chi connectivity index (χ0) is 15.6. The van der Waals surface area contributed by atoms with Crippen molar-refractivity contribution in [1.82, 2.24) is 9.88 Å². The Kier molecular flexibility index (Phi) is 4.16. The van der Waals surface area contributed by atoms with Crippen molar-refractivity contribution in [3.8, 4) is 0 Å². The van der Waals surface area contributed by atoms with Crippen LogP contribution in [0.15, 0.2) is 12.3 Å². The van der Waals surface area contributed by atoms with Crippen molar-refractivity contribution in [3.05, 3.63) is 23.5 Å². The van der Waals surface area contributed by atoms with E-state index in [-0.39, 0.29) is 18.1 Å². The first kappa shape index (κ1) is 15.3. The number of hydrogen-bond acceptors (Lipinski definition) is 3. The lowest BCUT2D eigenvalue weighted by Crippen LogP contribution is -2.48. The summed E-state index contributed by atoms with van der Waals surface area (Å²) in [5.41, 5.74) is 0.182. The first-order valence-corrected chi connectivity index (χ1v) is 7.05. The fourth-order valence-electron chi connectivity index (χ4n) is 2.97. The molecular weight excluding hydrogens is 272 g/mol. The second kappa shape index (κ2) is 5.71. The Balaban J connectivity index is 2.19. The van der Waals surface area contributed by atoms with Crippen LogP contribution in [0, 0.1) is 0 Å². The van der Waals surface area contributed by atoms with Gasteiger partial charge in [-0.3, -0.25) is 14.4 Å². The summed E-state index contributed by atoms with van der Waals surface area (Å²) in [6, 6.07) is 1.54. The van der Waals surface area contributed by atoms with Crippen molar-refractivity contribution < 1.29 is 19.5 Å². The molecule has 1 aromatic rings. The van der Waals surface area contributed by atoms with E-state index in [9.17, 15) is 14.4 Å². The number of nitrogens with zero attached hydrogens (tertiary/aromatic N) is 1. The van der Waals surface area contributed by atoms with E-state index in [1.807, 2.05) is 0 Å². The second-order valence-electron chi connectivity index (χ2n) is 5.79. The molecule has 1 saturated carbocycles. The van der Waals surface area contributed by atoms with E-state index >= 15 is 0 Å². The van der Waals surface area contributed by atoms with Crippen LogP contribution in [0.2, 0.25) is 0 Å². The van der Waals surface area contributed by atoms with Crippen LogP contribution in [0.4, 0.5) is 0 Å². The van der Waals surface area contributed by atoms with Crippen molar-refractivity contribution >= 4 is 17.7 Å². The van der Waals surface area contributed by atoms with Crippen LogP contribution >= 0.6 is 0 Å². The monoisotopic (exact) mass is 292 g/mol. The van der Waals surface area contributed by atoms with Crippen LogP contribution in [0.1, 0.15) is 59.9 Å². The second-order valence-corrected chi connectivity index (χ2v) is 5.79. The summed E-state index contributed by atoms with van der Waals surface area (Å²) in [4.78, 5) is 34.8. The number of hydrogen-bond donors (Lipinski definition) is 2. The van der Waals surface area contributed by atoms with E-state index < -0.39 is 11.5 Å². The quantitative estimate of drug-likeness (QED) is 0.809. The average Bonchev–Trinajstić information content (AvgIpc) is 2.95. The van der Waals surface area contributed by atoms with Gasteiger partial charge in [-0.2, -0.15) is 0 Å². The van der Waals surface area contributed by atoms with Crippen molar-refractivity contribution in [1.29, 1.82) is 0 Å². The molecule has 6 nitrogen and oxygen atoms in total. The van der Waals surface area contributed by atoms with Crippen LogP contribution in [-0.4, -0.2) is 32.9 Å². The van der Waals surface area contributed by atoms with Crippen molar-refractivity contribution in [2.24, 2.45) is 7.05 Å². The predicted molar refractivity (Wildman–Crippen MR) is 76.3 cm³/mol. The molecule has 0 aliphatic heterocycles. The molecule has 2 N–H and O–H groups in total. The molecule has 21 heavy (non-hydrogen) atoms. The summed E-state index contributed by atoms with van der Waals surface area (Å²) in [5, 5.41) is 11.9. The maximum atomic E-state index is 12.4. The predicted octanol–water partition coefficient (Wildman–Crippen LogP) is 1.75. The summed E-state index contributed by atoms with van der Waals surface area (Å²) in [5.74, 6) is -1.34. The molecule has 1 heterocycles. The van der Waals surface area contributed by atoms with Gasteiger partial charge in [0, 0.05) is 18.8 Å². The Morgan fingerprint density at radius 1 is 1.33 bits per heavy atom. The summed E-state index contributed by atoms with van der Waals surface area (Å²) in [6.45, 7) is 1.44. The highest BCUT2D eigenvalue weighted by Gasteiger charge is 2.38. The SMILES string of the molecule is CC(=O)c1cc(C(=O)NC2(CC(=O)O)CCCC2)n(C)c1. The number of nitrogens with one attached hydrogen (secondary N) is 1. The number of carbonyl (C=O) groups excluding carboxylic acids is 2. The molecule has 1 fully saturated rings. The third-order valence-corrected chi connectivity index (χ3v) is 4.07. The third kappa shape index (κ3) is 3.32. The van der Waals surface area contributed by atoms with Gasteiger partial charge in [-0.1, -0.05) is 12.8 Å². The number of aryl methyl sites for hydroxylation is 1. The van der Waals surface area contributed by atoms with E-state index in [4.69, 9.17) is 5.11 Å². The highest BCUT2D eigenvalue weighted by Crippen LogP contribution is 2.33. The molecule has 1 aliphatic rings. The molecule has 6 heteroatoms. The number of amides is 1. The number of carboxylic acids is 1. The largest absolute Gasteiger partial charge is 0.481 e. The number of Topliss-reactive ketones (excluding diaryl/α,β-unsaturated/α-hetero) is 1. The van der Waals surface area contributed by atoms with Crippen molar-refractivity contribution in [2.45, 2.75) is 44.6 Å². The van der Waals surface area contributed by atoms with Gasteiger partial charge in [-0.05, 0) is 25.8 Å². The number of ketones is 1. The van der Waals surface area contributed by atoms with Crippen LogP contribution in [0.25, 0.3) is 0 Å². The fraction of sp³-hybridized carbons (Fsp3) is 0.533. The molecule has 2 rings (SSSR count). The van der Waals surface area contributed by atoms with E-state index in [2.05, 4.69) is 5.32 Å². The number of aromatic nitrogens is 1. The number of carboxylic acid groups (broad SMARTS) is 1. The lowest BCUT2D eigenvalue weighted by Gasteiger charge is -2.28. The smallest absolute Gasteiger partial charge is 0.305 e. The lowest BCUT2D eigenvalue weighted by molar-refractivity contribution is -0.138. The maximum absolute atomic E-state index is 12.4. The lowest BCUT2D eigenvalue weighted by atomic mass is 9.93. The van der Waals surface area contributed by atoms with E-state index in [1.54, 1.807) is 23.9 Å². The van der Waals surface area contributed by atoms with Crippen LogP contribution in [0.5, 0.6) is 0 Å². The molecule has 1 aromatic heterocycles. The van der Waals surface area contributed by atoms with Gasteiger partial charge >= 0.3 is 5.97 Å². The molecule has 0 atom stereocenters. The Morgan fingerprint density at radius 3 is 2.43 bits per heavy atom. The summed E-state index contributed by atoms with van der Waals surface area (Å²) in [6.07, 6.45) is 4.72. The highest BCUT2D eigenvalue weighted by atomic mass is 16.4. The average molecular weight is 292 g/mol. The van der Waals surface area contributed by atoms with E-state index in [0.717, 1.165) is 12.8 Å². The first-order valence-electron chi connectivity index (χ1n) is 7.05. The van der Waals surface area contributed by atoms with Gasteiger partial charge in [0.2, 0.25) is 0 Å². The summed E-state index contributed by atoms with van der Waals surface area (Å²) >= 11 is 0. The van der Waals surface area contributed by atoms with Crippen LogP contribution in [0.3, 0.4) is 0 Å². The minimum absolute atomic E-state index is 0.0667. The summed E-state index contributed by atoms with van der Waals surface area (Å²) in [7, 11) is 1.69. The summed E-state index contributed by atoms with van der Waals surface area (Å²) < 4.78 is 1.59. The standard InChI is InChI=1S/C15H20N2O4/c1-10(18)11-7-12(17(2)9-11)14(21)16-15(8-13(19)20)5-3-4-6-15/h7,9H,3-6,8H2,1-2H3,(H,16,21)(H,19,20). The molecule has 0 saturated heterocycles. The topological polar surface area (TPSA) is 88.4 Å². The molecular formula is C15H20N2O4. The number of carbonyl (C=O) groups is 3. The van der Waals surface area contributed by atoms with Gasteiger partial charge in [0.1, 0.15) is 5.69 Å². The van der Waals surface area contributed by atoms with Gasteiger partial charge < -0.3 is 15.0 Å². The molecule has 0 radical (unpaired) electrons. The molecule has 0 unspecified atom stereocenters. The van der Waals surface area contributed by atoms with E-state index in [1.165, 1.54) is 6.92 Å². The molecule has 0 spiro atoms. The van der Waals surface area contributed by atoms with Crippen LogP contribution < -0.4 is 5.32 Å². The van der Waals surface area contributed by atoms with Crippen molar-refractivity contribution in [2.75, 3.05) is 0 Å². The Labute approximate surface area is 123 Å².